The number of aliphatic hydroxyl groups excluding tert-OH is 2. The van der Waals surface area contributed by atoms with E-state index in [1.165, 1.54) is 0 Å². The van der Waals surface area contributed by atoms with E-state index in [2.05, 4.69) is 63.7 Å². The Morgan fingerprint density at radius 3 is 1.29 bits per heavy atom. The zero-order valence-corrected chi connectivity index (χ0v) is 20.9. The van der Waals surface area contributed by atoms with Crippen molar-refractivity contribution in [1.29, 1.82) is 0 Å². The van der Waals surface area contributed by atoms with Crippen molar-refractivity contribution >= 4 is 75.7 Å². The van der Waals surface area contributed by atoms with Crippen LogP contribution in [0.3, 0.4) is 0 Å². The summed E-state index contributed by atoms with van der Waals surface area (Å²) in [6.07, 6.45) is 0. The second-order valence-corrected chi connectivity index (χ2v) is 8.12. The highest BCUT2D eigenvalue weighted by molar-refractivity contribution is 9.15. The zero-order chi connectivity index (χ0) is 21.1. The van der Waals surface area contributed by atoms with Gasteiger partial charge in [-0.15, -0.1) is 0 Å². The van der Waals surface area contributed by atoms with Gasteiger partial charge in [-0.3, -0.25) is 0 Å². The first kappa shape index (κ1) is 26.0. The topological polar surface area (TPSA) is 112 Å². The van der Waals surface area contributed by atoms with E-state index in [-0.39, 0.29) is 64.0 Å². The van der Waals surface area contributed by atoms with Gasteiger partial charge in [-0.1, -0.05) is 0 Å². The maximum atomic E-state index is 12.6. The van der Waals surface area contributed by atoms with Crippen molar-refractivity contribution in [1.82, 2.24) is 0 Å². The van der Waals surface area contributed by atoms with Crippen LogP contribution < -0.4 is 0 Å². The first-order chi connectivity index (χ1) is 13.4. The Bertz CT molecular complexity index is 626. The maximum absolute atomic E-state index is 12.6. The Labute approximate surface area is 195 Å². The van der Waals surface area contributed by atoms with E-state index < -0.39 is 11.9 Å². The lowest BCUT2D eigenvalue weighted by Crippen LogP contribution is -2.19. The number of hydrogen-bond donors (Lipinski definition) is 2. The number of halogens is 4. The maximum Gasteiger partial charge on any atom is 0.340 e. The second-order valence-electron chi connectivity index (χ2n) is 4.95. The summed E-state index contributed by atoms with van der Waals surface area (Å²) in [5.41, 5.74) is -0.0456. The predicted octanol–water partition coefficient (Wildman–Crippen LogP) is 3.07. The Balaban J connectivity index is 3.00. The van der Waals surface area contributed by atoms with Gasteiger partial charge in [0.05, 0.1) is 50.8 Å². The van der Waals surface area contributed by atoms with Gasteiger partial charge in [0.25, 0.3) is 0 Å². The lowest BCUT2D eigenvalue weighted by molar-refractivity contribution is 0.0223. The van der Waals surface area contributed by atoms with Crippen molar-refractivity contribution in [2.45, 2.75) is 0 Å². The minimum absolute atomic E-state index is 0.0228. The average Bonchev–Trinajstić information content (AvgIpc) is 2.68. The third kappa shape index (κ3) is 7.63. The molecular weight excluding hydrogens is 640 g/mol. The van der Waals surface area contributed by atoms with Crippen molar-refractivity contribution < 1.29 is 38.7 Å². The number of hydrogen-bond acceptors (Lipinski definition) is 8. The van der Waals surface area contributed by atoms with E-state index in [4.69, 9.17) is 29.2 Å². The van der Waals surface area contributed by atoms with Crippen molar-refractivity contribution in [3.63, 3.8) is 0 Å². The van der Waals surface area contributed by atoms with Crippen molar-refractivity contribution in [2.75, 3.05) is 52.9 Å². The molecule has 0 heterocycles. The molecule has 0 unspecified atom stereocenters. The van der Waals surface area contributed by atoms with E-state index in [9.17, 15) is 9.59 Å². The van der Waals surface area contributed by atoms with E-state index >= 15 is 0 Å². The number of ether oxygens (including phenoxy) is 4. The first-order valence-corrected chi connectivity index (χ1v) is 11.1. The van der Waals surface area contributed by atoms with Crippen LogP contribution in [-0.2, 0) is 18.9 Å². The molecule has 0 spiro atoms. The molecule has 0 bridgehead atoms. The number of carbonyl (C=O) groups excluding carboxylic acids is 2. The molecule has 0 amide bonds. The molecular formula is C16H18Br4O8. The molecule has 0 aliphatic rings. The summed E-state index contributed by atoms with van der Waals surface area (Å²) >= 11 is 13.3. The SMILES string of the molecule is O=C(OCCOCCO)c1c(Br)c(Br)c(Br)c(Br)c1C(=O)OCCOCCO. The van der Waals surface area contributed by atoms with Crippen molar-refractivity contribution in [3.8, 4) is 0 Å². The van der Waals surface area contributed by atoms with E-state index in [0.29, 0.717) is 17.9 Å². The molecule has 28 heavy (non-hydrogen) atoms. The standard InChI is InChI=1S/C16H18Br4O8/c17-11-9(15(23)27-7-5-25-3-1-21)10(12(18)14(20)13(11)19)16(24)28-8-6-26-4-2-22/h21-22H,1-8H2. The van der Waals surface area contributed by atoms with Gasteiger partial charge in [-0.05, 0) is 63.7 Å². The fraction of sp³-hybridized carbons (Fsp3) is 0.500. The molecule has 0 fully saturated rings. The van der Waals surface area contributed by atoms with Gasteiger partial charge in [-0.25, -0.2) is 9.59 Å². The molecule has 1 rings (SSSR count). The highest BCUT2D eigenvalue weighted by atomic mass is 79.9. The van der Waals surface area contributed by atoms with Crippen LogP contribution in [0.25, 0.3) is 0 Å². The van der Waals surface area contributed by atoms with Gasteiger partial charge in [0, 0.05) is 17.9 Å². The number of rotatable bonds is 12. The minimum atomic E-state index is -0.753. The van der Waals surface area contributed by atoms with Gasteiger partial charge >= 0.3 is 11.9 Å². The Morgan fingerprint density at radius 2 is 0.964 bits per heavy atom. The lowest BCUT2D eigenvalue weighted by Gasteiger charge is -2.16. The van der Waals surface area contributed by atoms with Crippen LogP contribution in [-0.4, -0.2) is 75.0 Å². The molecule has 1 aromatic rings. The third-order valence-electron chi connectivity index (χ3n) is 3.07. The monoisotopic (exact) mass is 654 g/mol. The van der Waals surface area contributed by atoms with Gasteiger partial charge in [-0.2, -0.15) is 0 Å². The quantitative estimate of drug-likeness (QED) is 0.153. The van der Waals surface area contributed by atoms with Crippen molar-refractivity contribution in [2.24, 2.45) is 0 Å². The zero-order valence-electron chi connectivity index (χ0n) is 14.5. The average molecular weight is 658 g/mol. The second kappa shape index (κ2) is 14.0. The molecule has 0 aliphatic carbocycles. The summed E-state index contributed by atoms with van der Waals surface area (Å²) in [7, 11) is 0. The molecule has 0 aromatic heterocycles. The van der Waals surface area contributed by atoms with Crippen LogP contribution in [0, 0.1) is 0 Å². The van der Waals surface area contributed by atoms with E-state index in [1.54, 1.807) is 0 Å². The highest BCUT2D eigenvalue weighted by Gasteiger charge is 2.30. The number of benzene rings is 1. The molecule has 0 saturated heterocycles. The predicted molar refractivity (Wildman–Crippen MR) is 114 cm³/mol. The van der Waals surface area contributed by atoms with Crippen LogP contribution in [0.4, 0.5) is 0 Å². The Morgan fingerprint density at radius 1 is 0.607 bits per heavy atom. The van der Waals surface area contributed by atoms with Crippen molar-refractivity contribution in [3.05, 3.63) is 29.0 Å². The summed E-state index contributed by atoms with van der Waals surface area (Å²) in [6.45, 7) is 0.0863. The lowest BCUT2D eigenvalue weighted by atomic mass is 10.1. The highest BCUT2D eigenvalue weighted by Crippen LogP contribution is 2.42. The number of esters is 2. The largest absolute Gasteiger partial charge is 0.460 e. The fourth-order valence-electron chi connectivity index (χ4n) is 1.88. The first-order valence-electron chi connectivity index (χ1n) is 7.94. The summed E-state index contributed by atoms with van der Waals surface area (Å²) in [6, 6.07) is 0. The van der Waals surface area contributed by atoms with Gasteiger partial charge in [0.1, 0.15) is 13.2 Å². The molecule has 0 saturated carbocycles. The molecule has 2 N–H and O–H groups in total. The van der Waals surface area contributed by atoms with Gasteiger partial charge in [0.2, 0.25) is 0 Å². The molecule has 0 radical (unpaired) electrons. The molecule has 8 nitrogen and oxygen atoms in total. The van der Waals surface area contributed by atoms with Crippen LogP contribution >= 0.6 is 63.7 Å². The summed E-state index contributed by atoms with van der Waals surface area (Å²) in [5, 5.41) is 17.3. The molecule has 0 aliphatic heterocycles. The minimum Gasteiger partial charge on any atom is -0.460 e. The van der Waals surface area contributed by atoms with Crippen LogP contribution in [0.15, 0.2) is 17.9 Å². The Hall–Kier alpha value is -0.0800. The normalized spacial score (nSPS) is 10.8. The third-order valence-corrected chi connectivity index (χ3v) is 7.84. The molecule has 12 heteroatoms. The Kier molecular flexibility index (Phi) is 13.0. The van der Waals surface area contributed by atoms with E-state index in [1.807, 2.05) is 0 Å². The molecule has 0 atom stereocenters. The van der Waals surface area contributed by atoms with Gasteiger partial charge in [0.15, 0.2) is 0 Å². The smallest absolute Gasteiger partial charge is 0.340 e. The number of carbonyl (C=O) groups is 2. The van der Waals surface area contributed by atoms with Crippen LogP contribution in [0.5, 0.6) is 0 Å². The summed E-state index contributed by atoms with van der Waals surface area (Å²) < 4.78 is 22.0. The van der Waals surface area contributed by atoms with Gasteiger partial charge < -0.3 is 29.2 Å². The van der Waals surface area contributed by atoms with E-state index in [0.717, 1.165) is 0 Å². The molecule has 1 aromatic carbocycles. The van der Waals surface area contributed by atoms with Crippen LogP contribution in [0.2, 0.25) is 0 Å². The summed E-state index contributed by atoms with van der Waals surface area (Å²) in [5.74, 6) is -1.51. The fourth-order valence-corrected chi connectivity index (χ4v) is 4.32. The molecule has 158 valence electrons. The summed E-state index contributed by atoms with van der Waals surface area (Å²) in [4.78, 5) is 25.2. The van der Waals surface area contributed by atoms with Crippen LogP contribution in [0.1, 0.15) is 20.7 Å². The number of aliphatic hydroxyl groups is 2.